The number of pyridine rings is 1. The molecule has 0 unspecified atom stereocenters. The zero-order valence-electron chi connectivity index (χ0n) is 19.8. The zero-order valence-corrected chi connectivity index (χ0v) is 22.2. The standard InChI is InChI=1S/C25H29BrF2N4O3S/c26-16-10-20-24(29-13-16)35-8-7-32(20)14-18-5-6-21(36-18)23(34)31-19(9-15-3-1-2-4-15)22(33)30-17-11-25(27,28)12-17/h5-6,10,13,15,17,19H,1-4,7-9,11-12,14H2,(H,30,33)(H,31,34)/t19-/m0/s1. The number of thiophene rings is 1. The highest BCUT2D eigenvalue weighted by molar-refractivity contribution is 9.10. The van der Waals surface area contributed by atoms with Crippen molar-refractivity contribution in [3.05, 3.63) is 38.6 Å². The smallest absolute Gasteiger partial charge is 0.262 e. The van der Waals surface area contributed by atoms with E-state index < -0.39 is 18.0 Å². The number of rotatable bonds is 8. The van der Waals surface area contributed by atoms with Crippen molar-refractivity contribution in [1.82, 2.24) is 15.6 Å². The molecule has 1 aliphatic heterocycles. The minimum Gasteiger partial charge on any atom is -0.474 e. The highest BCUT2D eigenvalue weighted by Gasteiger charge is 2.46. The summed E-state index contributed by atoms with van der Waals surface area (Å²) in [6, 6.07) is 4.40. The first kappa shape index (κ1) is 25.4. The van der Waals surface area contributed by atoms with E-state index in [4.69, 9.17) is 4.74 Å². The van der Waals surface area contributed by atoms with Gasteiger partial charge >= 0.3 is 0 Å². The predicted molar refractivity (Wildman–Crippen MR) is 137 cm³/mol. The number of aromatic nitrogens is 1. The van der Waals surface area contributed by atoms with Crippen molar-refractivity contribution in [1.29, 1.82) is 0 Å². The molecule has 0 radical (unpaired) electrons. The number of nitrogens with zero attached hydrogens (tertiary/aromatic N) is 2. The third-order valence-corrected chi connectivity index (χ3v) is 8.58. The fourth-order valence-electron chi connectivity index (χ4n) is 5.17. The van der Waals surface area contributed by atoms with Crippen molar-refractivity contribution < 1.29 is 23.1 Å². The van der Waals surface area contributed by atoms with Crippen LogP contribution in [0.1, 0.15) is 59.5 Å². The first-order valence-corrected chi connectivity index (χ1v) is 14.0. The minimum atomic E-state index is -2.71. The minimum absolute atomic E-state index is 0.310. The van der Waals surface area contributed by atoms with Gasteiger partial charge in [-0.3, -0.25) is 9.59 Å². The van der Waals surface area contributed by atoms with Gasteiger partial charge in [0.05, 0.1) is 18.0 Å². The molecule has 11 heteroatoms. The predicted octanol–water partition coefficient (Wildman–Crippen LogP) is 4.90. The largest absolute Gasteiger partial charge is 0.474 e. The normalized spacial score (nSPS) is 20.2. The maximum absolute atomic E-state index is 13.2. The molecule has 2 fully saturated rings. The van der Waals surface area contributed by atoms with Gasteiger partial charge in [0, 0.05) is 34.4 Å². The number of amides is 2. The summed E-state index contributed by atoms with van der Waals surface area (Å²) in [6.45, 7) is 1.84. The molecule has 36 heavy (non-hydrogen) atoms. The van der Waals surface area contributed by atoms with Crippen LogP contribution in [0, 0.1) is 5.92 Å². The summed E-state index contributed by atoms with van der Waals surface area (Å²) in [7, 11) is 0. The highest BCUT2D eigenvalue weighted by Crippen LogP contribution is 2.38. The van der Waals surface area contributed by atoms with E-state index in [9.17, 15) is 18.4 Å². The average Bonchev–Trinajstić information content (AvgIpc) is 3.50. The third kappa shape index (κ3) is 5.99. The van der Waals surface area contributed by atoms with E-state index in [0.29, 0.717) is 42.8 Å². The second-order valence-electron chi connectivity index (χ2n) is 9.90. The van der Waals surface area contributed by atoms with Crippen molar-refractivity contribution in [2.24, 2.45) is 5.92 Å². The number of nitrogens with one attached hydrogen (secondary N) is 2. The van der Waals surface area contributed by atoms with Crippen LogP contribution in [0.4, 0.5) is 14.5 Å². The van der Waals surface area contributed by atoms with Crippen LogP contribution >= 0.6 is 27.3 Å². The van der Waals surface area contributed by atoms with Gasteiger partial charge in [0.15, 0.2) is 0 Å². The lowest BCUT2D eigenvalue weighted by Crippen LogP contribution is -2.56. The molecule has 0 bridgehead atoms. The molecule has 2 aliphatic carbocycles. The summed E-state index contributed by atoms with van der Waals surface area (Å²) in [6.07, 6.45) is 5.84. The van der Waals surface area contributed by atoms with E-state index >= 15 is 0 Å². The molecule has 2 N–H and O–H groups in total. The van der Waals surface area contributed by atoms with Crippen LogP contribution in [0.3, 0.4) is 0 Å². The number of carbonyl (C=O) groups is 2. The Morgan fingerprint density at radius 1 is 1.28 bits per heavy atom. The van der Waals surface area contributed by atoms with Gasteiger partial charge in [0.2, 0.25) is 11.8 Å². The van der Waals surface area contributed by atoms with E-state index in [1.54, 1.807) is 12.3 Å². The van der Waals surface area contributed by atoms with Crippen LogP contribution in [0.5, 0.6) is 5.88 Å². The van der Waals surface area contributed by atoms with Crippen LogP contribution in [0.15, 0.2) is 28.9 Å². The number of halogens is 3. The molecule has 7 nitrogen and oxygen atoms in total. The maximum Gasteiger partial charge on any atom is 0.262 e. The van der Waals surface area contributed by atoms with Crippen molar-refractivity contribution in [2.75, 3.05) is 18.1 Å². The Morgan fingerprint density at radius 3 is 2.81 bits per heavy atom. The van der Waals surface area contributed by atoms with E-state index in [-0.39, 0.29) is 24.7 Å². The van der Waals surface area contributed by atoms with Gasteiger partial charge in [-0.1, -0.05) is 25.7 Å². The fraction of sp³-hybridized carbons (Fsp3) is 0.560. The molecule has 2 aromatic heterocycles. The molecule has 0 saturated heterocycles. The Bertz CT molecular complexity index is 1120. The van der Waals surface area contributed by atoms with Crippen molar-refractivity contribution in [2.45, 2.75) is 69.5 Å². The van der Waals surface area contributed by atoms with Gasteiger partial charge in [-0.25, -0.2) is 13.8 Å². The first-order valence-electron chi connectivity index (χ1n) is 12.4. The molecule has 0 aromatic carbocycles. The summed E-state index contributed by atoms with van der Waals surface area (Å²) in [5.41, 5.74) is 0.893. The Labute approximate surface area is 221 Å². The summed E-state index contributed by atoms with van der Waals surface area (Å²) >= 11 is 4.84. The molecule has 0 spiro atoms. The lowest BCUT2D eigenvalue weighted by Gasteiger charge is -2.36. The molecular formula is C25H29BrF2N4O3S. The van der Waals surface area contributed by atoms with Crippen molar-refractivity contribution in [3.8, 4) is 5.88 Å². The van der Waals surface area contributed by atoms with Gasteiger partial charge in [0.1, 0.15) is 18.3 Å². The average molecular weight is 583 g/mol. The van der Waals surface area contributed by atoms with E-state index in [0.717, 1.165) is 40.7 Å². The summed E-state index contributed by atoms with van der Waals surface area (Å²) < 4.78 is 33.0. The number of carbonyl (C=O) groups excluding carboxylic acids is 2. The van der Waals surface area contributed by atoms with Crippen LogP contribution in [-0.2, 0) is 11.3 Å². The van der Waals surface area contributed by atoms with Crippen LogP contribution in [-0.4, -0.2) is 48.0 Å². The molecule has 3 heterocycles. The molecular weight excluding hydrogens is 554 g/mol. The van der Waals surface area contributed by atoms with Gasteiger partial charge in [-0.05, 0) is 46.5 Å². The Kier molecular flexibility index (Phi) is 7.48. The summed E-state index contributed by atoms with van der Waals surface area (Å²) in [5.74, 6) is -2.44. The van der Waals surface area contributed by atoms with E-state index in [1.807, 2.05) is 12.1 Å². The molecule has 2 aromatic rings. The van der Waals surface area contributed by atoms with Gasteiger partial charge in [0.25, 0.3) is 11.8 Å². The van der Waals surface area contributed by atoms with Crippen molar-refractivity contribution in [3.63, 3.8) is 0 Å². The quantitative estimate of drug-likeness (QED) is 0.462. The maximum atomic E-state index is 13.2. The monoisotopic (exact) mass is 582 g/mol. The van der Waals surface area contributed by atoms with Crippen molar-refractivity contribution >= 4 is 44.8 Å². The third-order valence-electron chi connectivity index (χ3n) is 7.07. The van der Waals surface area contributed by atoms with Gasteiger partial charge in [-0.15, -0.1) is 11.3 Å². The summed E-state index contributed by atoms with van der Waals surface area (Å²) in [5, 5.41) is 5.61. The fourth-order valence-corrected chi connectivity index (χ4v) is 6.42. The Hall–Kier alpha value is -2.27. The van der Waals surface area contributed by atoms with Crippen LogP contribution in [0.25, 0.3) is 0 Å². The molecule has 2 saturated carbocycles. The SMILES string of the molecule is O=C(N[C@@H](CC1CCCC1)C(=O)NC1CC(F)(F)C1)c1ccc(CN2CCOc3ncc(Br)cc32)s1. The summed E-state index contributed by atoms with van der Waals surface area (Å²) in [4.78, 5) is 34.0. The van der Waals surface area contributed by atoms with Crippen LogP contribution in [0.2, 0.25) is 0 Å². The van der Waals surface area contributed by atoms with Gasteiger partial charge < -0.3 is 20.3 Å². The molecule has 3 aliphatic rings. The Balaban J connectivity index is 1.23. The van der Waals surface area contributed by atoms with E-state index in [2.05, 4.69) is 36.4 Å². The second-order valence-corrected chi connectivity index (χ2v) is 12.0. The zero-order chi connectivity index (χ0) is 25.3. The number of alkyl halides is 2. The molecule has 1 atom stereocenters. The van der Waals surface area contributed by atoms with E-state index in [1.165, 1.54) is 11.3 Å². The lowest BCUT2D eigenvalue weighted by molar-refractivity contribution is -0.131. The number of hydrogen-bond donors (Lipinski definition) is 2. The Morgan fingerprint density at radius 2 is 2.06 bits per heavy atom. The van der Waals surface area contributed by atoms with Crippen LogP contribution < -0.4 is 20.3 Å². The topological polar surface area (TPSA) is 83.6 Å². The molecule has 194 valence electrons. The number of hydrogen-bond acceptors (Lipinski definition) is 6. The van der Waals surface area contributed by atoms with Gasteiger partial charge in [-0.2, -0.15) is 0 Å². The number of ether oxygens (including phenoxy) is 1. The highest BCUT2D eigenvalue weighted by atomic mass is 79.9. The number of anilines is 1. The molecule has 2 amide bonds. The lowest BCUT2D eigenvalue weighted by atomic mass is 9.87. The first-order chi connectivity index (χ1) is 17.3. The number of fused-ring (bicyclic) bond motifs is 1. The second kappa shape index (κ2) is 10.6. The molecule has 5 rings (SSSR count).